The van der Waals surface area contributed by atoms with Crippen LogP contribution in [0.4, 0.5) is 13.2 Å². The quantitative estimate of drug-likeness (QED) is 0.907. The third kappa shape index (κ3) is 2.48. The number of aromatic nitrogens is 2. The number of hydrogen-bond donors (Lipinski definition) is 1. The molecule has 1 saturated carbocycles. The van der Waals surface area contributed by atoms with Gasteiger partial charge in [0, 0.05) is 23.9 Å². The predicted molar refractivity (Wildman–Crippen MR) is 60.8 cm³/mol. The summed E-state index contributed by atoms with van der Waals surface area (Å²) in [4.78, 5) is 6.77. The lowest BCUT2D eigenvalue weighted by molar-refractivity contribution is -0.145. The molecule has 2 rings (SSSR count). The first-order valence-electron chi connectivity index (χ1n) is 5.88. The number of nitrogens with zero attached hydrogens (tertiary/aromatic N) is 2. The Morgan fingerprint density at radius 2 is 1.72 bits per heavy atom. The van der Waals surface area contributed by atoms with E-state index in [9.17, 15) is 13.2 Å². The van der Waals surface area contributed by atoms with Gasteiger partial charge in [-0.15, -0.1) is 0 Å². The molecule has 3 nitrogen and oxygen atoms in total. The first-order chi connectivity index (χ1) is 8.23. The zero-order chi connectivity index (χ0) is 13.6. The monoisotopic (exact) mass is 259 g/mol. The standard InChI is InChI=1S/C12H16F3N3/c1-11(2,9(16)7-3-4-7)8-5-17-10(18-6-8)12(13,14)15/h5-7,9H,3-4,16H2,1-2H3. The van der Waals surface area contributed by atoms with E-state index in [1.165, 1.54) is 12.4 Å². The van der Waals surface area contributed by atoms with Gasteiger partial charge >= 0.3 is 6.18 Å². The molecule has 0 aliphatic heterocycles. The Bertz CT molecular complexity index is 421. The molecule has 0 saturated heterocycles. The summed E-state index contributed by atoms with van der Waals surface area (Å²) in [5.74, 6) is -0.649. The zero-order valence-electron chi connectivity index (χ0n) is 10.3. The van der Waals surface area contributed by atoms with Crippen LogP contribution in [0.3, 0.4) is 0 Å². The minimum Gasteiger partial charge on any atom is -0.327 e. The molecule has 1 aliphatic rings. The lowest BCUT2D eigenvalue weighted by Crippen LogP contribution is -2.42. The summed E-state index contributed by atoms with van der Waals surface area (Å²) in [5, 5.41) is 0. The van der Waals surface area contributed by atoms with Crippen LogP contribution in [-0.2, 0) is 11.6 Å². The molecule has 0 amide bonds. The maximum Gasteiger partial charge on any atom is 0.451 e. The molecule has 0 spiro atoms. The van der Waals surface area contributed by atoms with Crippen molar-refractivity contribution in [2.75, 3.05) is 0 Å². The first-order valence-corrected chi connectivity index (χ1v) is 5.88. The van der Waals surface area contributed by atoms with E-state index in [-0.39, 0.29) is 6.04 Å². The molecule has 6 heteroatoms. The van der Waals surface area contributed by atoms with E-state index in [1.807, 2.05) is 13.8 Å². The molecular formula is C12H16F3N3. The topological polar surface area (TPSA) is 51.8 Å². The van der Waals surface area contributed by atoms with Crippen molar-refractivity contribution in [1.82, 2.24) is 9.97 Å². The van der Waals surface area contributed by atoms with Gasteiger partial charge in [0.05, 0.1) is 0 Å². The van der Waals surface area contributed by atoms with Gasteiger partial charge < -0.3 is 5.73 Å². The normalized spacial score (nSPS) is 18.8. The fraction of sp³-hybridized carbons (Fsp3) is 0.667. The Labute approximate surface area is 104 Å². The average Bonchev–Trinajstić information content (AvgIpc) is 3.11. The van der Waals surface area contributed by atoms with Crippen molar-refractivity contribution in [3.05, 3.63) is 23.8 Å². The van der Waals surface area contributed by atoms with Gasteiger partial charge in [-0.3, -0.25) is 0 Å². The summed E-state index contributed by atoms with van der Waals surface area (Å²) in [6, 6.07) is -0.0714. The smallest absolute Gasteiger partial charge is 0.327 e. The third-order valence-electron chi connectivity index (χ3n) is 3.61. The van der Waals surface area contributed by atoms with Crippen LogP contribution in [-0.4, -0.2) is 16.0 Å². The number of hydrogen-bond acceptors (Lipinski definition) is 3. The molecule has 1 aromatic rings. The molecule has 1 aliphatic carbocycles. The molecule has 18 heavy (non-hydrogen) atoms. The summed E-state index contributed by atoms with van der Waals surface area (Å²) in [5.41, 5.74) is 6.37. The van der Waals surface area contributed by atoms with Crippen LogP contribution in [0.2, 0.25) is 0 Å². The number of rotatable bonds is 3. The molecule has 0 aromatic carbocycles. The maximum absolute atomic E-state index is 12.4. The highest BCUT2D eigenvalue weighted by molar-refractivity contribution is 5.22. The summed E-state index contributed by atoms with van der Waals surface area (Å²) >= 11 is 0. The Morgan fingerprint density at radius 1 is 1.22 bits per heavy atom. The van der Waals surface area contributed by atoms with Crippen LogP contribution < -0.4 is 5.73 Å². The van der Waals surface area contributed by atoms with Gasteiger partial charge in [0.1, 0.15) is 0 Å². The molecule has 100 valence electrons. The second-order valence-electron chi connectivity index (χ2n) is 5.38. The summed E-state index contributed by atoms with van der Waals surface area (Å²) in [6.45, 7) is 3.84. The summed E-state index contributed by atoms with van der Waals surface area (Å²) in [7, 11) is 0. The van der Waals surface area contributed by atoms with Crippen molar-refractivity contribution in [1.29, 1.82) is 0 Å². The first kappa shape index (κ1) is 13.3. The fourth-order valence-electron chi connectivity index (χ4n) is 2.04. The molecule has 1 fully saturated rings. The van der Waals surface area contributed by atoms with Crippen LogP contribution in [0.5, 0.6) is 0 Å². The molecule has 1 aromatic heterocycles. The maximum atomic E-state index is 12.4. The van der Waals surface area contributed by atoms with Crippen LogP contribution in [0.1, 0.15) is 38.1 Å². The van der Waals surface area contributed by atoms with Crippen LogP contribution in [0.25, 0.3) is 0 Å². The lowest BCUT2D eigenvalue weighted by Gasteiger charge is -2.31. The Kier molecular flexibility index (Phi) is 3.09. The molecule has 1 heterocycles. The summed E-state index contributed by atoms with van der Waals surface area (Å²) in [6.07, 6.45) is 0.148. The van der Waals surface area contributed by atoms with Gasteiger partial charge in [0.2, 0.25) is 5.82 Å². The minimum absolute atomic E-state index is 0.0714. The highest BCUT2D eigenvalue weighted by Gasteiger charge is 2.41. The average molecular weight is 259 g/mol. The Balaban J connectivity index is 2.23. The van der Waals surface area contributed by atoms with Crippen molar-refractivity contribution in [3.63, 3.8) is 0 Å². The second kappa shape index (κ2) is 4.19. The molecule has 2 N–H and O–H groups in total. The molecule has 1 unspecified atom stereocenters. The summed E-state index contributed by atoms with van der Waals surface area (Å²) < 4.78 is 37.1. The van der Waals surface area contributed by atoms with Crippen molar-refractivity contribution in [3.8, 4) is 0 Å². The van der Waals surface area contributed by atoms with E-state index < -0.39 is 17.4 Å². The van der Waals surface area contributed by atoms with E-state index in [4.69, 9.17) is 5.73 Å². The van der Waals surface area contributed by atoms with E-state index in [1.54, 1.807) is 0 Å². The van der Waals surface area contributed by atoms with Gasteiger partial charge in [-0.1, -0.05) is 13.8 Å². The van der Waals surface area contributed by atoms with E-state index in [2.05, 4.69) is 9.97 Å². The van der Waals surface area contributed by atoms with E-state index >= 15 is 0 Å². The Hall–Kier alpha value is -1.17. The van der Waals surface area contributed by atoms with Crippen molar-refractivity contribution in [2.24, 2.45) is 11.7 Å². The molecule has 1 atom stereocenters. The second-order valence-corrected chi connectivity index (χ2v) is 5.38. The Morgan fingerprint density at radius 3 is 2.11 bits per heavy atom. The van der Waals surface area contributed by atoms with Gasteiger partial charge in [0.25, 0.3) is 0 Å². The van der Waals surface area contributed by atoms with Crippen LogP contribution >= 0.6 is 0 Å². The highest BCUT2D eigenvalue weighted by Crippen LogP contribution is 2.40. The van der Waals surface area contributed by atoms with E-state index in [0.29, 0.717) is 11.5 Å². The number of alkyl halides is 3. The predicted octanol–water partition coefficient (Wildman–Crippen LogP) is 2.51. The van der Waals surface area contributed by atoms with Crippen molar-refractivity contribution < 1.29 is 13.2 Å². The lowest BCUT2D eigenvalue weighted by atomic mass is 9.77. The van der Waals surface area contributed by atoms with Crippen molar-refractivity contribution in [2.45, 2.75) is 44.3 Å². The molecule has 0 bridgehead atoms. The van der Waals surface area contributed by atoms with Crippen LogP contribution in [0, 0.1) is 5.92 Å². The molecule has 0 radical (unpaired) electrons. The van der Waals surface area contributed by atoms with Gasteiger partial charge in [-0.2, -0.15) is 13.2 Å². The minimum atomic E-state index is -4.50. The SMILES string of the molecule is CC(C)(c1cnc(C(F)(F)F)nc1)C(N)C1CC1. The zero-order valence-corrected chi connectivity index (χ0v) is 10.3. The number of halogens is 3. The van der Waals surface area contributed by atoms with Crippen molar-refractivity contribution >= 4 is 0 Å². The van der Waals surface area contributed by atoms with Gasteiger partial charge in [-0.25, -0.2) is 9.97 Å². The van der Waals surface area contributed by atoms with Crippen LogP contribution in [0.15, 0.2) is 12.4 Å². The fourth-order valence-corrected chi connectivity index (χ4v) is 2.04. The third-order valence-corrected chi connectivity index (χ3v) is 3.61. The van der Waals surface area contributed by atoms with Gasteiger partial charge in [0.15, 0.2) is 0 Å². The van der Waals surface area contributed by atoms with Gasteiger partial charge in [-0.05, 0) is 24.3 Å². The molecular weight excluding hydrogens is 243 g/mol. The number of nitrogens with two attached hydrogens (primary N) is 1. The van der Waals surface area contributed by atoms with E-state index in [0.717, 1.165) is 12.8 Å². The largest absolute Gasteiger partial charge is 0.451 e. The highest BCUT2D eigenvalue weighted by atomic mass is 19.4.